The Morgan fingerprint density at radius 3 is 2.41 bits per heavy atom. The molecule has 0 bridgehead atoms. The van der Waals surface area contributed by atoms with E-state index in [4.69, 9.17) is 24.2 Å². The quantitative estimate of drug-likeness (QED) is 0.0323. The van der Waals surface area contributed by atoms with Gasteiger partial charge in [0.25, 0.3) is 0 Å². The van der Waals surface area contributed by atoms with Crippen LogP contribution in [-0.4, -0.2) is 64.7 Å². The van der Waals surface area contributed by atoms with Gasteiger partial charge in [-0.1, -0.05) is 115 Å². The number of aliphatic hydroxyl groups is 2. The van der Waals surface area contributed by atoms with Crippen molar-refractivity contribution in [2.45, 2.75) is 88.7 Å². The molecule has 2 N–H and O–H groups in total. The van der Waals surface area contributed by atoms with Crippen molar-refractivity contribution in [1.29, 1.82) is 0 Å². The molecule has 0 spiro atoms. The third-order valence-corrected chi connectivity index (χ3v) is 13.9. The Kier molecular flexibility index (Phi) is 14.1. The molecule has 0 saturated heterocycles. The molecule has 2 saturated carbocycles. The van der Waals surface area contributed by atoms with Crippen molar-refractivity contribution in [1.82, 2.24) is 4.90 Å². The number of aliphatic hydroxyl groups excluding tert-OH is 2. The molecule has 66 heavy (non-hydrogen) atoms. The van der Waals surface area contributed by atoms with E-state index in [9.17, 15) is 15.0 Å². The molecule has 3 aliphatic carbocycles. The molecule has 4 aliphatic rings. The second-order valence-electron chi connectivity index (χ2n) is 18.2. The Balaban J connectivity index is 1.25. The average Bonchev–Trinajstić information content (AvgIpc) is 4.21. The van der Waals surface area contributed by atoms with Gasteiger partial charge in [-0.25, -0.2) is 0 Å². The molecule has 1 heterocycles. The largest absolute Gasteiger partial charge is 0.459 e. The number of amides is 1. The Labute approximate surface area is 387 Å². The van der Waals surface area contributed by atoms with Crippen molar-refractivity contribution in [2.24, 2.45) is 28.8 Å². The van der Waals surface area contributed by atoms with Crippen molar-refractivity contribution in [3.63, 3.8) is 0 Å². The zero-order valence-electron chi connectivity index (χ0n) is 37.5. The minimum Gasteiger partial charge on any atom is -0.459 e. The van der Waals surface area contributed by atoms with Crippen molar-refractivity contribution in [3.05, 3.63) is 162 Å². The number of aldehydes is 1. The minimum atomic E-state index is -1.39. The first kappa shape index (κ1) is 45.1. The molecule has 9 rings (SSSR count). The van der Waals surface area contributed by atoms with E-state index in [0.29, 0.717) is 48.6 Å². The van der Waals surface area contributed by atoms with Crippen LogP contribution in [-0.2, 0) is 27.5 Å². The summed E-state index contributed by atoms with van der Waals surface area (Å²) in [5.41, 5.74) is 5.21. The highest BCUT2D eigenvalue weighted by molar-refractivity contribution is 6.03. The normalized spacial score (nSPS) is 23.5. The molecule has 5 aromatic carbocycles. The van der Waals surface area contributed by atoms with Gasteiger partial charge in [-0.3, -0.25) is 9.59 Å². The summed E-state index contributed by atoms with van der Waals surface area (Å²) in [6.07, 6.45) is 11.5. The number of unbranched alkanes of at least 4 members (excludes halogenated alkanes) is 2. The van der Waals surface area contributed by atoms with E-state index in [0.717, 1.165) is 83.6 Å². The van der Waals surface area contributed by atoms with Crippen molar-refractivity contribution in [2.75, 3.05) is 19.8 Å². The van der Waals surface area contributed by atoms with Crippen LogP contribution in [0.25, 0.3) is 10.8 Å². The number of ether oxygens (including phenoxy) is 3. The third kappa shape index (κ3) is 9.45. The van der Waals surface area contributed by atoms with Crippen molar-refractivity contribution < 1.29 is 38.9 Å². The number of benzene rings is 5. The fraction of sp³-hybridized carbons (Fsp3) is 0.375. The zero-order chi connectivity index (χ0) is 45.5. The summed E-state index contributed by atoms with van der Waals surface area (Å²) in [5.74, 6) is -0.237. The Hall–Kier alpha value is -6.07. The SMILES string of the molecule is C=CCOC12Oc3ccc(Oc4cccc(C=O)c4)cc3C3C(CCCCO)C(CCCCO)C=C(C(=NOCc4ccccc4)CC1N(Cc1cccc4ccccc14)C(=O)C1CC1)C32. The Bertz CT molecular complexity index is 2560. The highest BCUT2D eigenvalue weighted by Crippen LogP contribution is 2.62. The second-order valence-corrected chi connectivity index (χ2v) is 18.2. The molecule has 6 atom stereocenters. The maximum atomic E-state index is 15.2. The van der Waals surface area contributed by atoms with Crippen molar-refractivity contribution in [3.8, 4) is 17.2 Å². The first-order valence-electron chi connectivity index (χ1n) is 23.7. The maximum Gasteiger partial charge on any atom is 0.239 e. The van der Waals surface area contributed by atoms with Gasteiger partial charge in [0.1, 0.15) is 36.2 Å². The average molecular weight is 889 g/mol. The Morgan fingerprint density at radius 2 is 1.62 bits per heavy atom. The summed E-state index contributed by atoms with van der Waals surface area (Å²) in [7, 11) is 0. The number of carbonyl (C=O) groups is 2. The van der Waals surface area contributed by atoms with Crippen LogP contribution in [0.4, 0.5) is 0 Å². The van der Waals surface area contributed by atoms with Crippen LogP contribution in [0.2, 0.25) is 0 Å². The van der Waals surface area contributed by atoms with E-state index in [1.54, 1.807) is 24.3 Å². The lowest BCUT2D eigenvalue weighted by Crippen LogP contribution is -2.70. The summed E-state index contributed by atoms with van der Waals surface area (Å²) in [6, 6.07) is 36.9. The van der Waals surface area contributed by atoms with Crippen molar-refractivity contribution >= 4 is 28.7 Å². The maximum absolute atomic E-state index is 15.2. The lowest BCUT2D eigenvalue weighted by molar-refractivity contribution is -0.258. The molecule has 0 aromatic heterocycles. The zero-order valence-corrected chi connectivity index (χ0v) is 37.5. The molecular formula is C56H60N2O8. The van der Waals surface area contributed by atoms with Gasteiger partial charge in [0, 0.05) is 49.1 Å². The van der Waals surface area contributed by atoms with Gasteiger partial charge in [-0.2, -0.15) is 0 Å². The van der Waals surface area contributed by atoms with Crippen LogP contribution in [0.5, 0.6) is 17.2 Å². The lowest BCUT2D eigenvalue weighted by atomic mass is 9.55. The van der Waals surface area contributed by atoms with Gasteiger partial charge in [0.05, 0.1) is 18.2 Å². The van der Waals surface area contributed by atoms with Gasteiger partial charge < -0.3 is 34.2 Å². The van der Waals surface area contributed by atoms with Crippen LogP contribution in [0.1, 0.15) is 90.8 Å². The van der Waals surface area contributed by atoms with Gasteiger partial charge >= 0.3 is 0 Å². The highest BCUT2D eigenvalue weighted by atomic mass is 16.7. The number of nitrogens with zero attached hydrogens (tertiary/aromatic N) is 2. The third-order valence-electron chi connectivity index (χ3n) is 13.9. The van der Waals surface area contributed by atoms with Crippen LogP contribution < -0.4 is 9.47 Å². The van der Waals surface area contributed by atoms with Crippen LogP contribution in [0.3, 0.4) is 0 Å². The lowest BCUT2D eigenvalue weighted by Gasteiger charge is -2.60. The van der Waals surface area contributed by atoms with E-state index in [1.165, 1.54) is 0 Å². The number of oxime groups is 1. The second kappa shape index (κ2) is 20.6. The summed E-state index contributed by atoms with van der Waals surface area (Å²) in [6.45, 7) is 5.07. The summed E-state index contributed by atoms with van der Waals surface area (Å²) >= 11 is 0. The first-order valence-corrected chi connectivity index (χ1v) is 23.7. The van der Waals surface area contributed by atoms with Gasteiger partial charge in [-0.05, 0) is 108 Å². The first-order chi connectivity index (χ1) is 32.4. The number of allylic oxidation sites excluding steroid dienone is 1. The van der Waals surface area contributed by atoms with Gasteiger partial charge in [-0.15, -0.1) is 6.58 Å². The number of rotatable bonds is 21. The van der Waals surface area contributed by atoms with Crippen LogP contribution >= 0.6 is 0 Å². The minimum absolute atomic E-state index is 0.0443. The molecule has 1 aliphatic heterocycles. The van der Waals surface area contributed by atoms with Crippen LogP contribution in [0.15, 0.2) is 145 Å². The molecule has 10 nitrogen and oxygen atoms in total. The monoisotopic (exact) mass is 888 g/mol. The molecule has 5 aromatic rings. The summed E-state index contributed by atoms with van der Waals surface area (Å²) < 4.78 is 21.3. The fourth-order valence-electron chi connectivity index (χ4n) is 10.8. The highest BCUT2D eigenvalue weighted by Gasteiger charge is 2.66. The molecule has 2 fully saturated rings. The molecule has 6 unspecified atom stereocenters. The van der Waals surface area contributed by atoms with E-state index in [2.05, 4.69) is 49.1 Å². The number of hydrogen-bond acceptors (Lipinski definition) is 9. The van der Waals surface area contributed by atoms with E-state index in [-0.39, 0.29) is 56.0 Å². The van der Waals surface area contributed by atoms with Crippen LogP contribution in [0, 0.1) is 23.7 Å². The van der Waals surface area contributed by atoms with Gasteiger partial charge in [0.2, 0.25) is 11.7 Å². The molecule has 1 amide bonds. The molecular weight excluding hydrogens is 829 g/mol. The predicted molar refractivity (Wildman–Crippen MR) is 255 cm³/mol. The predicted octanol–water partition coefficient (Wildman–Crippen LogP) is 10.7. The standard InChI is InChI=1S/C56H60N2O8/c1-2-30-63-56-52(58(55(62)41-24-25-41)35-43-20-13-19-40-17-6-7-22-46(40)43)34-50(57-64-37-38-14-4-3-5-15-38)48-32-42(18-8-10-28-59)47(23-9-11-29-60)53(54(48)56)49-33-45(26-27-51(49)66-56)65-44-21-12-16-39(31-44)36-61/h2-7,12-17,19-22,26-27,31-33,36,41-42,47,52-54,59-60H,1,8-11,18,23-25,28-30,34-35,37H2. The van der Waals surface area contributed by atoms with Gasteiger partial charge in [0.15, 0.2) is 0 Å². The topological polar surface area (TPSA) is 127 Å². The number of fused-ring (bicyclic) bond motifs is 3. The van der Waals surface area contributed by atoms with E-state index >= 15 is 4.79 Å². The number of hydrogen-bond donors (Lipinski definition) is 2. The molecule has 342 valence electrons. The number of carbonyl (C=O) groups excluding carboxylic acids is 2. The smallest absolute Gasteiger partial charge is 0.239 e. The Morgan fingerprint density at radius 1 is 0.864 bits per heavy atom. The molecule has 10 heteroatoms. The van der Waals surface area contributed by atoms with E-state index < -0.39 is 17.7 Å². The summed E-state index contributed by atoms with van der Waals surface area (Å²) in [4.78, 5) is 35.3. The van der Waals surface area contributed by atoms with E-state index in [1.807, 2.05) is 65.6 Å². The fourth-order valence-corrected chi connectivity index (χ4v) is 10.8. The summed E-state index contributed by atoms with van der Waals surface area (Å²) in [5, 5.41) is 27.3. The molecule has 0 radical (unpaired) electrons.